The smallest absolute Gasteiger partial charge is 0.173 e. The fourth-order valence-corrected chi connectivity index (χ4v) is 2.61. The first-order valence-electron chi connectivity index (χ1n) is 7.02. The molecule has 0 bridgehead atoms. The lowest BCUT2D eigenvalue weighted by molar-refractivity contribution is -0.0473. The van der Waals surface area contributed by atoms with Crippen LogP contribution in [-0.2, 0) is 4.74 Å². The van der Waals surface area contributed by atoms with E-state index in [9.17, 15) is 0 Å². The molecule has 1 aliphatic heterocycles. The van der Waals surface area contributed by atoms with Gasteiger partial charge in [0.1, 0.15) is 5.75 Å². The molecule has 0 unspecified atom stereocenters. The van der Waals surface area contributed by atoms with E-state index in [0.717, 1.165) is 29.6 Å². The van der Waals surface area contributed by atoms with E-state index in [1.165, 1.54) is 0 Å². The SMILES string of the molecule is CCOc1ccc(NC(=S)N2C[C@@H](C)O[C@H](C)C2)cc1. The molecule has 2 atom stereocenters. The molecule has 2 rings (SSSR count). The summed E-state index contributed by atoms with van der Waals surface area (Å²) >= 11 is 5.47. The summed E-state index contributed by atoms with van der Waals surface area (Å²) in [4.78, 5) is 2.16. The largest absolute Gasteiger partial charge is 0.494 e. The molecule has 0 aromatic heterocycles. The molecule has 0 aliphatic carbocycles. The van der Waals surface area contributed by atoms with Crippen LogP contribution in [0.2, 0.25) is 0 Å². The molecule has 1 heterocycles. The molecule has 1 aromatic carbocycles. The van der Waals surface area contributed by atoms with Gasteiger partial charge >= 0.3 is 0 Å². The van der Waals surface area contributed by atoms with Gasteiger partial charge in [0.05, 0.1) is 18.8 Å². The molecule has 1 fully saturated rings. The van der Waals surface area contributed by atoms with Crippen LogP contribution in [0.4, 0.5) is 5.69 Å². The zero-order chi connectivity index (χ0) is 14.5. The number of thiocarbonyl (C=S) groups is 1. The Bertz CT molecular complexity index is 440. The summed E-state index contributed by atoms with van der Waals surface area (Å²) in [7, 11) is 0. The zero-order valence-electron chi connectivity index (χ0n) is 12.3. The predicted molar refractivity (Wildman–Crippen MR) is 85.4 cm³/mol. The number of benzene rings is 1. The maximum absolute atomic E-state index is 5.71. The Balaban J connectivity index is 1.93. The maximum atomic E-state index is 5.71. The van der Waals surface area contributed by atoms with Crippen LogP contribution in [0, 0.1) is 0 Å². The Morgan fingerprint density at radius 1 is 1.30 bits per heavy atom. The Kier molecular flexibility index (Phi) is 5.20. The maximum Gasteiger partial charge on any atom is 0.173 e. The third kappa shape index (κ3) is 4.08. The molecule has 1 saturated heterocycles. The molecule has 0 radical (unpaired) electrons. The van der Waals surface area contributed by atoms with Crippen molar-refractivity contribution in [3.8, 4) is 5.75 Å². The summed E-state index contributed by atoms with van der Waals surface area (Å²) in [5.41, 5.74) is 0.977. The molecule has 0 spiro atoms. The third-order valence-corrected chi connectivity index (χ3v) is 3.48. The number of morpholine rings is 1. The molecule has 1 N–H and O–H groups in total. The Morgan fingerprint density at radius 3 is 2.45 bits per heavy atom. The van der Waals surface area contributed by atoms with Crippen molar-refractivity contribution in [1.29, 1.82) is 0 Å². The fraction of sp³-hybridized carbons (Fsp3) is 0.533. The van der Waals surface area contributed by atoms with Crippen molar-refractivity contribution in [3.63, 3.8) is 0 Å². The first-order valence-corrected chi connectivity index (χ1v) is 7.43. The number of ether oxygens (including phenoxy) is 2. The average molecular weight is 294 g/mol. The molecule has 20 heavy (non-hydrogen) atoms. The van der Waals surface area contributed by atoms with Crippen LogP contribution in [0.5, 0.6) is 5.75 Å². The number of nitrogens with zero attached hydrogens (tertiary/aromatic N) is 1. The van der Waals surface area contributed by atoms with Crippen molar-refractivity contribution in [2.75, 3.05) is 25.0 Å². The lowest BCUT2D eigenvalue weighted by Gasteiger charge is -2.36. The number of hydrogen-bond acceptors (Lipinski definition) is 3. The van der Waals surface area contributed by atoms with E-state index in [-0.39, 0.29) is 12.2 Å². The lowest BCUT2D eigenvalue weighted by Crippen LogP contribution is -2.49. The van der Waals surface area contributed by atoms with E-state index >= 15 is 0 Å². The quantitative estimate of drug-likeness (QED) is 0.867. The summed E-state index contributed by atoms with van der Waals surface area (Å²) in [6, 6.07) is 7.84. The van der Waals surface area contributed by atoms with Gasteiger partial charge in [0.15, 0.2) is 5.11 Å². The van der Waals surface area contributed by atoms with E-state index in [0.29, 0.717) is 6.61 Å². The monoisotopic (exact) mass is 294 g/mol. The molecule has 1 aliphatic rings. The number of anilines is 1. The van der Waals surface area contributed by atoms with Crippen LogP contribution in [0.25, 0.3) is 0 Å². The molecule has 110 valence electrons. The fourth-order valence-electron chi connectivity index (χ4n) is 2.35. The van der Waals surface area contributed by atoms with Crippen LogP contribution in [-0.4, -0.2) is 41.9 Å². The van der Waals surface area contributed by atoms with Gasteiger partial charge in [-0.15, -0.1) is 0 Å². The molecule has 0 saturated carbocycles. The summed E-state index contributed by atoms with van der Waals surface area (Å²) < 4.78 is 11.1. The highest BCUT2D eigenvalue weighted by Crippen LogP contribution is 2.17. The minimum Gasteiger partial charge on any atom is -0.494 e. The standard InChI is InChI=1S/C15H22N2O2S/c1-4-18-14-7-5-13(6-8-14)16-15(20)17-9-11(2)19-12(3)10-17/h5-8,11-12H,4,9-10H2,1-3H3,(H,16,20)/t11-,12-/m1/s1. The van der Waals surface area contributed by atoms with E-state index in [2.05, 4.69) is 24.1 Å². The van der Waals surface area contributed by atoms with Gasteiger partial charge in [0.2, 0.25) is 0 Å². The van der Waals surface area contributed by atoms with Crippen LogP contribution in [0.1, 0.15) is 20.8 Å². The molecule has 1 aromatic rings. The minimum atomic E-state index is 0.207. The van der Waals surface area contributed by atoms with Crippen molar-refractivity contribution in [3.05, 3.63) is 24.3 Å². The first-order chi connectivity index (χ1) is 9.58. The topological polar surface area (TPSA) is 33.7 Å². The summed E-state index contributed by atoms with van der Waals surface area (Å²) in [6.45, 7) is 8.45. The Labute approximate surface area is 126 Å². The van der Waals surface area contributed by atoms with Crippen LogP contribution >= 0.6 is 12.2 Å². The normalized spacial score (nSPS) is 22.4. The van der Waals surface area contributed by atoms with Crippen molar-refractivity contribution < 1.29 is 9.47 Å². The van der Waals surface area contributed by atoms with Gasteiger partial charge in [-0.25, -0.2) is 0 Å². The summed E-state index contributed by atoms with van der Waals surface area (Å²) in [5.74, 6) is 0.873. The van der Waals surface area contributed by atoms with Crippen LogP contribution in [0.3, 0.4) is 0 Å². The van der Waals surface area contributed by atoms with Gasteiger partial charge in [-0.05, 0) is 57.3 Å². The number of rotatable bonds is 3. The highest BCUT2D eigenvalue weighted by atomic mass is 32.1. The van der Waals surface area contributed by atoms with Crippen molar-refractivity contribution in [2.24, 2.45) is 0 Å². The van der Waals surface area contributed by atoms with E-state index < -0.39 is 0 Å². The van der Waals surface area contributed by atoms with Gasteiger partial charge in [-0.1, -0.05) is 0 Å². The Morgan fingerprint density at radius 2 is 1.90 bits per heavy atom. The number of nitrogens with one attached hydrogen (secondary N) is 1. The Hall–Kier alpha value is -1.33. The highest BCUT2D eigenvalue weighted by molar-refractivity contribution is 7.80. The molecule has 0 amide bonds. The van der Waals surface area contributed by atoms with E-state index in [1.54, 1.807) is 0 Å². The van der Waals surface area contributed by atoms with E-state index in [4.69, 9.17) is 21.7 Å². The van der Waals surface area contributed by atoms with Crippen molar-refractivity contribution in [1.82, 2.24) is 4.90 Å². The summed E-state index contributed by atoms with van der Waals surface area (Å²) in [6.07, 6.45) is 0.415. The minimum absolute atomic E-state index is 0.207. The molecular weight excluding hydrogens is 272 g/mol. The van der Waals surface area contributed by atoms with Gasteiger partial charge in [-0.2, -0.15) is 0 Å². The van der Waals surface area contributed by atoms with Crippen LogP contribution in [0.15, 0.2) is 24.3 Å². The molecule has 5 heteroatoms. The average Bonchev–Trinajstić information content (AvgIpc) is 2.40. The van der Waals surface area contributed by atoms with E-state index in [1.807, 2.05) is 31.2 Å². The van der Waals surface area contributed by atoms with Gasteiger partial charge in [0, 0.05) is 18.8 Å². The van der Waals surface area contributed by atoms with Crippen molar-refractivity contribution in [2.45, 2.75) is 33.0 Å². The highest BCUT2D eigenvalue weighted by Gasteiger charge is 2.23. The second-order valence-electron chi connectivity index (χ2n) is 5.05. The van der Waals surface area contributed by atoms with Gasteiger partial charge < -0.3 is 19.7 Å². The lowest BCUT2D eigenvalue weighted by atomic mass is 10.2. The van der Waals surface area contributed by atoms with Gasteiger partial charge in [-0.3, -0.25) is 0 Å². The number of hydrogen-bond donors (Lipinski definition) is 1. The molecule has 4 nitrogen and oxygen atoms in total. The van der Waals surface area contributed by atoms with Crippen LogP contribution < -0.4 is 10.1 Å². The summed E-state index contributed by atoms with van der Waals surface area (Å²) in [5, 5.41) is 4.01. The zero-order valence-corrected chi connectivity index (χ0v) is 13.1. The second kappa shape index (κ2) is 6.90. The van der Waals surface area contributed by atoms with Crippen molar-refractivity contribution >= 4 is 23.0 Å². The predicted octanol–water partition coefficient (Wildman–Crippen LogP) is 2.89. The molecular formula is C15H22N2O2S. The third-order valence-electron chi connectivity index (χ3n) is 3.12. The first kappa shape index (κ1) is 15.1. The van der Waals surface area contributed by atoms with Gasteiger partial charge in [0.25, 0.3) is 0 Å². The second-order valence-corrected chi connectivity index (χ2v) is 5.44.